The van der Waals surface area contributed by atoms with Crippen molar-refractivity contribution in [2.45, 2.75) is 45.2 Å². The first-order valence-electron chi connectivity index (χ1n) is 9.90. The van der Waals surface area contributed by atoms with Crippen LogP contribution in [0.4, 0.5) is 10.6 Å². The van der Waals surface area contributed by atoms with Crippen LogP contribution in [-0.4, -0.2) is 61.3 Å². The first kappa shape index (κ1) is 18.0. The molecule has 1 N–H and O–H groups in total. The van der Waals surface area contributed by atoms with Crippen LogP contribution in [0.25, 0.3) is 0 Å². The van der Waals surface area contributed by atoms with Crippen molar-refractivity contribution in [1.82, 2.24) is 29.1 Å². The molecule has 1 aliphatic carbocycles. The van der Waals surface area contributed by atoms with Crippen molar-refractivity contribution in [1.29, 1.82) is 0 Å². The summed E-state index contributed by atoms with van der Waals surface area (Å²) in [5.41, 5.74) is 1.03. The summed E-state index contributed by atoms with van der Waals surface area (Å²) in [6.07, 6.45) is 10.4. The molecule has 3 heterocycles. The molecule has 2 aromatic rings. The monoisotopic (exact) mass is 371 g/mol. The minimum Gasteiger partial charge on any atom is -0.337 e. The van der Waals surface area contributed by atoms with Crippen LogP contribution < -0.4 is 5.32 Å². The maximum absolute atomic E-state index is 12.8. The molecule has 2 aromatic heterocycles. The highest BCUT2D eigenvalue weighted by molar-refractivity contribution is 5.89. The molecule has 2 amide bonds. The molecule has 0 radical (unpaired) electrons. The lowest BCUT2D eigenvalue weighted by atomic mass is 10.2. The second-order valence-electron chi connectivity index (χ2n) is 7.71. The number of carbonyl (C=O) groups is 1. The minimum absolute atomic E-state index is 0.0190. The average molecular weight is 371 g/mol. The van der Waals surface area contributed by atoms with Crippen LogP contribution in [0.1, 0.15) is 43.1 Å². The van der Waals surface area contributed by atoms with Gasteiger partial charge in [0.2, 0.25) is 0 Å². The van der Waals surface area contributed by atoms with Crippen molar-refractivity contribution in [3.05, 3.63) is 30.0 Å². The molecule has 0 aromatic carbocycles. The fourth-order valence-electron chi connectivity index (χ4n) is 4.07. The highest BCUT2D eigenvalue weighted by Crippen LogP contribution is 2.32. The van der Waals surface area contributed by atoms with E-state index in [1.165, 1.54) is 12.8 Å². The van der Waals surface area contributed by atoms with Gasteiger partial charge < -0.3 is 9.47 Å². The lowest BCUT2D eigenvalue weighted by Crippen LogP contribution is -2.50. The molecule has 8 heteroatoms. The van der Waals surface area contributed by atoms with Crippen molar-refractivity contribution in [2.75, 3.05) is 31.5 Å². The number of imidazole rings is 1. The molecule has 27 heavy (non-hydrogen) atoms. The molecule has 2 fully saturated rings. The summed E-state index contributed by atoms with van der Waals surface area (Å²) in [5.74, 6) is 1.92. The van der Waals surface area contributed by atoms with Gasteiger partial charge in [0, 0.05) is 51.2 Å². The molecule has 4 rings (SSSR count). The standard InChI is InChI=1S/C19H29N7O/c1-15-13-21-26(16-5-3-4-6-16)18(15)22-19(27)25-11-9-24(10-12-25)14-17-20-7-8-23(17)2/h7-8,13,16H,3-6,9-12,14H2,1-2H3,(H,22,27). The smallest absolute Gasteiger partial charge is 0.323 e. The van der Waals surface area contributed by atoms with Gasteiger partial charge in [-0.2, -0.15) is 5.10 Å². The molecule has 0 spiro atoms. The number of nitrogens with one attached hydrogen (secondary N) is 1. The molecule has 1 aliphatic heterocycles. The Kier molecular flexibility index (Phi) is 5.15. The molecule has 8 nitrogen and oxygen atoms in total. The van der Waals surface area contributed by atoms with Gasteiger partial charge in [0.1, 0.15) is 11.6 Å². The minimum atomic E-state index is -0.0190. The Balaban J connectivity index is 1.34. The van der Waals surface area contributed by atoms with Crippen molar-refractivity contribution in [3.63, 3.8) is 0 Å². The average Bonchev–Trinajstić information content (AvgIpc) is 3.40. The van der Waals surface area contributed by atoms with Gasteiger partial charge in [0.25, 0.3) is 0 Å². The third-order valence-electron chi connectivity index (χ3n) is 5.82. The van der Waals surface area contributed by atoms with Gasteiger partial charge in [0.15, 0.2) is 0 Å². The Bertz CT molecular complexity index is 782. The highest BCUT2D eigenvalue weighted by Gasteiger charge is 2.25. The lowest BCUT2D eigenvalue weighted by molar-refractivity contribution is 0.140. The van der Waals surface area contributed by atoms with Gasteiger partial charge in [0.05, 0.1) is 18.8 Å². The lowest BCUT2D eigenvalue weighted by Gasteiger charge is -2.34. The maximum Gasteiger partial charge on any atom is 0.323 e. The largest absolute Gasteiger partial charge is 0.337 e. The Labute approximate surface area is 160 Å². The van der Waals surface area contributed by atoms with Gasteiger partial charge in [-0.25, -0.2) is 14.5 Å². The van der Waals surface area contributed by atoms with E-state index in [1.807, 2.05) is 46.7 Å². The fraction of sp³-hybridized carbons (Fsp3) is 0.632. The van der Waals surface area contributed by atoms with Gasteiger partial charge in [-0.15, -0.1) is 0 Å². The van der Waals surface area contributed by atoms with Crippen LogP contribution in [0.15, 0.2) is 18.6 Å². The molecule has 0 unspecified atom stereocenters. The number of hydrogen-bond donors (Lipinski definition) is 1. The van der Waals surface area contributed by atoms with E-state index in [9.17, 15) is 4.79 Å². The Morgan fingerprint density at radius 3 is 2.63 bits per heavy atom. The van der Waals surface area contributed by atoms with Gasteiger partial charge >= 0.3 is 6.03 Å². The summed E-state index contributed by atoms with van der Waals surface area (Å²) in [7, 11) is 2.02. The van der Waals surface area contributed by atoms with E-state index in [-0.39, 0.29) is 6.03 Å². The number of piperazine rings is 1. The molecule has 1 saturated heterocycles. The molecule has 0 atom stereocenters. The first-order chi connectivity index (χ1) is 13.1. The van der Waals surface area contributed by atoms with Crippen LogP contribution in [0, 0.1) is 6.92 Å². The fourth-order valence-corrected chi connectivity index (χ4v) is 4.07. The van der Waals surface area contributed by atoms with Gasteiger partial charge in [-0.05, 0) is 19.8 Å². The predicted octanol–water partition coefficient (Wildman–Crippen LogP) is 2.39. The maximum atomic E-state index is 12.8. The summed E-state index contributed by atoms with van der Waals surface area (Å²) in [6.45, 7) is 6.02. The third-order valence-corrected chi connectivity index (χ3v) is 5.82. The van der Waals surface area contributed by atoms with Crippen LogP contribution >= 0.6 is 0 Å². The zero-order valence-corrected chi connectivity index (χ0v) is 16.3. The SMILES string of the molecule is Cc1cnn(C2CCCC2)c1NC(=O)N1CCN(Cc2nccn2C)CC1. The van der Waals surface area contributed by atoms with E-state index < -0.39 is 0 Å². The van der Waals surface area contributed by atoms with E-state index in [4.69, 9.17) is 0 Å². The second kappa shape index (κ2) is 7.72. The number of nitrogens with zero attached hydrogens (tertiary/aromatic N) is 6. The predicted molar refractivity (Wildman–Crippen MR) is 104 cm³/mol. The summed E-state index contributed by atoms with van der Waals surface area (Å²) >= 11 is 0. The number of anilines is 1. The van der Waals surface area contributed by atoms with E-state index >= 15 is 0 Å². The number of amides is 2. The van der Waals surface area contributed by atoms with E-state index in [0.29, 0.717) is 6.04 Å². The van der Waals surface area contributed by atoms with Crippen molar-refractivity contribution < 1.29 is 4.79 Å². The van der Waals surface area contributed by atoms with Crippen LogP contribution in [0.3, 0.4) is 0 Å². The summed E-state index contributed by atoms with van der Waals surface area (Å²) in [4.78, 5) is 21.4. The van der Waals surface area contributed by atoms with E-state index in [0.717, 1.165) is 62.8 Å². The Morgan fingerprint density at radius 1 is 1.22 bits per heavy atom. The molecule has 1 saturated carbocycles. The number of carbonyl (C=O) groups excluding carboxylic acids is 1. The summed E-state index contributed by atoms with van der Waals surface area (Å²) in [5, 5.41) is 7.65. The Hall–Kier alpha value is -2.35. The molecule has 0 bridgehead atoms. The van der Waals surface area contributed by atoms with E-state index in [2.05, 4.69) is 20.3 Å². The van der Waals surface area contributed by atoms with Crippen molar-refractivity contribution in [3.8, 4) is 0 Å². The number of aryl methyl sites for hydroxylation is 2. The topological polar surface area (TPSA) is 71.2 Å². The summed E-state index contributed by atoms with van der Waals surface area (Å²) < 4.78 is 4.07. The third kappa shape index (κ3) is 3.85. The number of urea groups is 1. The van der Waals surface area contributed by atoms with Crippen molar-refractivity contribution >= 4 is 11.8 Å². The first-order valence-corrected chi connectivity index (χ1v) is 9.90. The van der Waals surface area contributed by atoms with Gasteiger partial charge in [-0.3, -0.25) is 10.2 Å². The summed E-state index contributed by atoms with van der Waals surface area (Å²) in [6, 6.07) is 0.401. The zero-order chi connectivity index (χ0) is 18.8. The molecular formula is C19H29N7O. The molecule has 146 valence electrons. The second-order valence-corrected chi connectivity index (χ2v) is 7.71. The quantitative estimate of drug-likeness (QED) is 0.896. The Morgan fingerprint density at radius 2 is 1.96 bits per heavy atom. The number of rotatable bonds is 4. The molecular weight excluding hydrogens is 342 g/mol. The highest BCUT2D eigenvalue weighted by atomic mass is 16.2. The van der Waals surface area contributed by atoms with Crippen LogP contribution in [-0.2, 0) is 13.6 Å². The van der Waals surface area contributed by atoms with Crippen LogP contribution in [0.5, 0.6) is 0 Å². The van der Waals surface area contributed by atoms with Gasteiger partial charge in [-0.1, -0.05) is 12.8 Å². The zero-order valence-electron chi connectivity index (χ0n) is 16.3. The van der Waals surface area contributed by atoms with Crippen LogP contribution in [0.2, 0.25) is 0 Å². The normalized spacial score (nSPS) is 19.0. The molecule has 2 aliphatic rings. The number of aromatic nitrogens is 4. The van der Waals surface area contributed by atoms with E-state index in [1.54, 1.807) is 0 Å². The van der Waals surface area contributed by atoms with Crippen molar-refractivity contribution in [2.24, 2.45) is 7.05 Å². The number of hydrogen-bond acceptors (Lipinski definition) is 4.